The predicted octanol–water partition coefficient (Wildman–Crippen LogP) is 4.83. The second kappa shape index (κ2) is 4.44. The van der Waals surface area contributed by atoms with Crippen molar-refractivity contribution in [3.05, 3.63) is 34.4 Å². The highest BCUT2D eigenvalue weighted by Crippen LogP contribution is 2.55. The van der Waals surface area contributed by atoms with Crippen molar-refractivity contribution in [2.75, 3.05) is 0 Å². The van der Waals surface area contributed by atoms with E-state index in [0.29, 0.717) is 6.42 Å². The van der Waals surface area contributed by atoms with E-state index in [0.717, 1.165) is 6.29 Å². The van der Waals surface area contributed by atoms with Gasteiger partial charge in [0.1, 0.15) is 6.29 Å². The Labute approximate surface area is 129 Å². The molecule has 1 aromatic carbocycles. The molecular formula is C20H28O. The lowest BCUT2D eigenvalue weighted by Crippen LogP contribution is -2.19. The van der Waals surface area contributed by atoms with Crippen LogP contribution in [-0.4, -0.2) is 6.29 Å². The zero-order valence-corrected chi connectivity index (χ0v) is 14.2. The number of benzene rings is 1. The molecule has 0 heterocycles. The fraction of sp³-hybridized carbons (Fsp3) is 0.650. The highest BCUT2D eigenvalue weighted by Gasteiger charge is 2.47. The van der Waals surface area contributed by atoms with Gasteiger partial charge >= 0.3 is 0 Å². The number of rotatable bonds is 3. The van der Waals surface area contributed by atoms with Crippen molar-refractivity contribution in [3.63, 3.8) is 0 Å². The van der Waals surface area contributed by atoms with Gasteiger partial charge in [0.25, 0.3) is 0 Å². The first-order chi connectivity index (χ1) is 9.70. The molecule has 1 saturated carbocycles. The Hall–Kier alpha value is -1.11. The average molecular weight is 284 g/mol. The summed E-state index contributed by atoms with van der Waals surface area (Å²) in [5, 5.41) is 0. The summed E-state index contributed by atoms with van der Waals surface area (Å²) < 4.78 is 0. The van der Waals surface area contributed by atoms with Crippen LogP contribution in [0.25, 0.3) is 0 Å². The summed E-state index contributed by atoms with van der Waals surface area (Å²) in [7, 11) is 0. The van der Waals surface area contributed by atoms with Gasteiger partial charge in [-0.05, 0) is 58.8 Å². The number of aldehydes is 1. The van der Waals surface area contributed by atoms with Gasteiger partial charge in [-0.3, -0.25) is 0 Å². The summed E-state index contributed by atoms with van der Waals surface area (Å²) in [6, 6.07) is 4.87. The molecule has 3 rings (SSSR count). The van der Waals surface area contributed by atoms with Crippen molar-refractivity contribution in [2.24, 2.45) is 0 Å². The standard InChI is InChI=1S/C20H28O/c1-18(2,3)14-12-16-15(6-7-19(16,4)5)17(13-14)20(8-9-20)10-11-21/h11-13H,6-10H2,1-5H3. The summed E-state index contributed by atoms with van der Waals surface area (Å²) >= 11 is 0. The number of hydrogen-bond acceptors (Lipinski definition) is 1. The first kappa shape index (κ1) is 14.8. The van der Waals surface area contributed by atoms with E-state index in [4.69, 9.17) is 0 Å². The van der Waals surface area contributed by atoms with Gasteiger partial charge in [-0.15, -0.1) is 0 Å². The Kier molecular flexibility index (Phi) is 3.13. The predicted molar refractivity (Wildman–Crippen MR) is 88.1 cm³/mol. The van der Waals surface area contributed by atoms with E-state index >= 15 is 0 Å². The Morgan fingerprint density at radius 3 is 2.24 bits per heavy atom. The third-order valence-corrected chi connectivity index (χ3v) is 5.74. The van der Waals surface area contributed by atoms with Crippen molar-refractivity contribution < 1.29 is 4.79 Å². The van der Waals surface area contributed by atoms with E-state index < -0.39 is 0 Å². The molecule has 114 valence electrons. The Morgan fingerprint density at radius 2 is 1.71 bits per heavy atom. The summed E-state index contributed by atoms with van der Waals surface area (Å²) in [6.07, 6.45) is 6.62. The number of fused-ring (bicyclic) bond motifs is 1. The van der Waals surface area contributed by atoms with Gasteiger partial charge in [0.2, 0.25) is 0 Å². The molecule has 0 spiro atoms. The molecule has 0 aliphatic heterocycles. The molecule has 1 heteroatoms. The zero-order valence-electron chi connectivity index (χ0n) is 14.2. The number of carbonyl (C=O) groups excluding carboxylic acids is 1. The highest BCUT2D eigenvalue weighted by atomic mass is 16.1. The number of hydrogen-bond donors (Lipinski definition) is 0. The molecule has 0 bridgehead atoms. The summed E-state index contributed by atoms with van der Waals surface area (Å²) in [5.41, 5.74) is 6.66. The average Bonchev–Trinajstić information content (AvgIpc) is 3.09. The molecule has 0 amide bonds. The maximum atomic E-state index is 11.1. The second-order valence-corrected chi connectivity index (χ2v) is 8.83. The van der Waals surface area contributed by atoms with Crippen molar-refractivity contribution in [3.8, 4) is 0 Å². The second-order valence-electron chi connectivity index (χ2n) is 8.83. The monoisotopic (exact) mass is 284 g/mol. The maximum absolute atomic E-state index is 11.1. The van der Waals surface area contributed by atoms with Gasteiger partial charge in [0.05, 0.1) is 0 Å². The Morgan fingerprint density at radius 1 is 1.10 bits per heavy atom. The summed E-state index contributed by atoms with van der Waals surface area (Å²) in [6.45, 7) is 11.6. The normalized spacial score (nSPS) is 22.0. The van der Waals surface area contributed by atoms with Crippen LogP contribution in [0.5, 0.6) is 0 Å². The quantitative estimate of drug-likeness (QED) is 0.727. The van der Waals surface area contributed by atoms with Crippen LogP contribution in [0.4, 0.5) is 0 Å². The molecule has 0 aromatic heterocycles. The van der Waals surface area contributed by atoms with E-state index in [1.807, 2.05) is 0 Å². The molecule has 21 heavy (non-hydrogen) atoms. The molecule has 2 aliphatic carbocycles. The molecule has 1 fully saturated rings. The molecule has 1 aromatic rings. The van der Waals surface area contributed by atoms with E-state index in [1.54, 1.807) is 11.1 Å². The van der Waals surface area contributed by atoms with Crippen LogP contribution in [0.3, 0.4) is 0 Å². The largest absolute Gasteiger partial charge is 0.303 e. The van der Waals surface area contributed by atoms with Crippen LogP contribution in [0.15, 0.2) is 12.1 Å². The van der Waals surface area contributed by atoms with E-state index in [2.05, 4.69) is 46.8 Å². The van der Waals surface area contributed by atoms with Crippen molar-refractivity contribution in [2.45, 2.75) is 83.0 Å². The van der Waals surface area contributed by atoms with Crippen LogP contribution in [0, 0.1) is 0 Å². The van der Waals surface area contributed by atoms with Crippen molar-refractivity contribution in [1.29, 1.82) is 0 Å². The molecule has 0 N–H and O–H groups in total. The van der Waals surface area contributed by atoms with Gasteiger partial charge < -0.3 is 4.79 Å². The van der Waals surface area contributed by atoms with Crippen LogP contribution in [0.1, 0.15) is 82.6 Å². The third-order valence-electron chi connectivity index (χ3n) is 5.74. The molecule has 0 radical (unpaired) electrons. The third kappa shape index (κ3) is 2.35. The van der Waals surface area contributed by atoms with E-state index in [-0.39, 0.29) is 16.2 Å². The molecule has 0 unspecified atom stereocenters. The van der Waals surface area contributed by atoms with Gasteiger partial charge in [-0.2, -0.15) is 0 Å². The molecule has 1 nitrogen and oxygen atoms in total. The van der Waals surface area contributed by atoms with Crippen LogP contribution in [-0.2, 0) is 27.5 Å². The minimum atomic E-state index is 0.166. The van der Waals surface area contributed by atoms with E-state index in [9.17, 15) is 4.79 Å². The van der Waals surface area contributed by atoms with Gasteiger partial charge in [0, 0.05) is 11.8 Å². The van der Waals surface area contributed by atoms with Gasteiger partial charge in [-0.1, -0.05) is 46.8 Å². The molecular weight excluding hydrogens is 256 g/mol. The number of carbonyl (C=O) groups is 1. The van der Waals surface area contributed by atoms with Crippen LogP contribution in [0.2, 0.25) is 0 Å². The Bertz CT molecular complexity index is 583. The minimum Gasteiger partial charge on any atom is -0.303 e. The lowest BCUT2D eigenvalue weighted by molar-refractivity contribution is -0.108. The van der Waals surface area contributed by atoms with Gasteiger partial charge in [0.15, 0.2) is 0 Å². The first-order valence-corrected chi connectivity index (χ1v) is 8.32. The highest BCUT2D eigenvalue weighted by molar-refractivity contribution is 5.59. The molecule has 0 atom stereocenters. The van der Waals surface area contributed by atoms with Crippen molar-refractivity contribution in [1.82, 2.24) is 0 Å². The fourth-order valence-corrected chi connectivity index (χ4v) is 3.92. The zero-order chi connectivity index (χ0) is 15.5. The molecule has 0 saturated heterocycles. The topological polar surface area (TPSA) is 17.1 Å². The molecule has 2 aliphatic rings. The maximum Gasteiger partial charge on any atom is 0.120 e. The first-order valence-electron chi connectivity index (χ1n) is 8.32. The van der Waals surface area contributed by atoms with E-state index in [1.165, 1.54) is 36.8 Å². The summed E-state index contributed by atoms with van der Waals surface area (Å²) in [5.74, 6) is 0. The summed E-state index contributed by atoms with van der Waals surface area (Å²) in [4.78, 5) is 11.1. The van der Waals surface area contributed by atoms with Crippen LogP contribution < -0.4 is 0 Å². The Balaban J connectivity index is 2.20. The lowest BCUT2D eigenvalue weighted by Gasteiger charge is -2.28. The smallest absolute Gasteiger partial charge is 0.120 e. The SMILES string of the molecule is CC(C)(C)c1cc2c(c(C3(CC=O)CC3)c1)CCC2(C)C. The minimum absolute atomic E-state index is 0.166. The lowest BCUT2D eigenvalue weighted by atomic mass is 9.77. The van der Waals surface area contributed by atoms with Crippen LogP contribution >= 0.6 is 0 Å². The fourth-order valence-electron chi connectivity index (χ4n) is 3.92. The van der Waals surface area contributed by atoms with Crippen molar-refractivity contribution >= 4 is 6.29 Å². The van der Waals surface area contributed by atoms with Gasteiger partial charge in [-0.25, -0.2) is 0 Å².